The number of carbonyl (C=O) groups is 1. The minimum absolute atomic E-state index is 0.0609. The molecule has 4 nitrogen and oxygen atoms in total. The number of likely N-dealkylation sites (tertiary alicyclic amines) is 1. The van der Waals surface area contributed by atoms with Crippen molar-refractivity contribution in [2.45, 2.75) is 39.2 Å². The van der Waals surface area contributed by atoms with Crippen molar-refractivity contribution in [1.82, 2.24) is 10.2 Å². The maximum atomic E-state index is 12.5. The molecular weight excluding hydrogens is 252 g/mol. The third-order valence-electron chi connectivity index (χ3n) is 3.77. The summed E-state index contributed by atoms with van der Waals surface area (Å²) >= 11 is 0. The largest absolute Gasteiger partial charge is 0.507 e. The van der Waals surface area contributed by atoms with Crippen molar-refractivity contribution in [1.29, 1.82) is 0 Å². The van der Waals surface area contributed by atoms with Crippen LogP contribution in [0, 0.1) is 6.92 Å². The molecule has 1 heterocycles. The SMILES string of the molecule is CCCNC1CCCN(C(=O)c2cc(C)ccc2O)C1. The van der Waals surface area contributed by atoms with Gasteiger partial charge in [-0.1, -0.05) is 18.6 Å². The van der Waals surface area contributed by atoms with Gasteiger partial charge in [0.25, 0.3) is 5.91 Å². The molecule has 2 rings (SSSR count). The maximum absolute atomic E-state index is 12.5. The molecule has 1 saturated heterocycles. The molecule has 1 aliphatic rings. The summed E-state index contributed by atoms with van der Waals surface area (Å²) in [7, 11) is 0. The number of nitrogens with one attached hydrogen (secondary N) is 1. The van der Waals surface area contributed by atoms with Gasteiger partial charge in [-0.3, -0.25) is 4.79 Å². The highest BCUT2D eigenvalue weighted by atomic mass is 16.3. The average Bonchev–Trinajstić information content (AvgIpc) is 2.47. The normalized spacial score (nSPS) is 19.1. The van der Waals surface area contributed by atoms with Gasteiger partial charge < -0.3 is 15.3 Å². The van der Waals surface area contributed by atoms with Crippen LogP contribution in [-0.4, -0.2) is 41.6 Å². The summed E-state index contributed by atoms with van der Waals surface area (Å²) in [5, 5.41) is 13.4. The van der Waals surface area contributed by atoms with Crippen molar-refractivity contribution >= 4 is 5.91 Å². The fourth-order valence-corrected chi connectivity index (χ4v) is 2.67. The number of rotatable bonds is 4. The number of aryl methyl sites for hydroxylation is 1. The van der Waals surface area contributed by atoms with Gasteiger partial charge in [-0.05, 0) is 44.9 Å². The summed E-state index contributed by atoms with van der Waals surface area (Å²) in [6.45, 7) is 6.56. The summed E-state index contributed by atoms with van der Waals surface area (Å²) in [5.41, 5.74) is 1.41. The number of benzene rings is 1. The van der Waals surface area contributed by atoms with Crippen molar-refractivity contribution in [2.24, 2.45) is 0 Å². The fraction of sp³-hybridized carbons (Fsp3) is 0.562. The quantitative estimate of drug-likeness (QED) is 0.887. The molecule has 1 atom stereocenters. The second kappa shape index (κ2) is 6.75. The zero-order valence-corrected chi connectivity index (χ0v) is 12.4. The third-order valence-corrected chi connectivity index (χ3v) is 3.77. The summed E-state index contributed by atoms with van der Waals surface area (Å²) in [5.74, 6) is 0.0124. The average molecular weight is 276 g/mol. The van der Waals surface area contributed by atoms with Gasteiger partial charge in [0, 0.05) is 19.1 Å². The van der Waals surface area contributed by atoms with E-state index in [0.29, 0.717) is 11.6 Å². The summed E-state index contributed by atoms with van der Waals surface area (Å²) in [6.07, 6.45) is 3.23. The number of nitrogens with zero attached hydrogens (tertiary/aromatic N) is 1. The van der Waals surface area contributed by atoms with E-state index >= 15 is 0 Å². The maximum Gasteiger partial charge on any atom is 0.257 e. The molecule has 1 aromatic carbocycles. The molecule has 0 aliphatic carbocycles. The first kappa shape index (κ1) is 14.9. The molecule has 20 heavy (non-hydrogen) atoms. The lowest BCUT2D eigenvalue weighted by Gasteiger charge is -2.33. The minimum atomic E-state index is -0.0609. The van der Waals surface area contributed by atoms with Crippen LogP contribution < -0.4 is 5.32 Å². The van der Waals surface area contributed by atoms with E-state index in [1.807, 2.05) is 17.9 Å². The molecule has 0 aromatic heterocycles. The topological polar surface area (TPSA) is 52.6 Å². The molecule has 0 radical (unpaired) electrons. The van der Waals surface area contributed by atoms with Crippen molar-refractivity contribution in [3.8, 4) is 5.75 Å². The van der Waals surface area contributed by atoms with Crippen LogP contribution >= 0.6 is 0 Å². The Morgan fingerprint density at radius 2 is 2.30 bits per heavy atom. The van der Waals surface area contributed by atoms with Crippen LogP contribution in [0.1, 0.15) is 42.1 Å². The van der Waals surface area contributed by atoms with E-state index in [-0.39, 0.29) is 11.7 Å². The predicted octanol–water partition coefficient (Wildman–Crippen LogP) is 2.30. The molecule has 1 aliphatic heterocycles. The molecule has 0 spiro atoms. The Hall–Kier alpha value is -1.55. The van der Waals surface area contributed by atoms with Crippen LogP contribution in [0.5, 0.6) is 5.75 Å². The van der Waals surface area contributed by atoms with Crippen molar-refractivity contribution in [3.05, 3.63) is 29.3 Å². The molecule has 0 saturated carbocycles. The lowest BCUT2D eigenvalue weighted by molar-refractivity contribution is 0.0692. The Morgan fingerprint density at radius 3 is 3.05 bits per heavy atom. The van der Waals surface area contributed by atoms with Crippen molar-refractivity contribution in [3.63, 3.8) is 0 Å². The van der Waals surface area contributed by atoms with Gasteiger partial charge in [-0.25, -0.2) is 0 Å². The van der Waals surface area contributed by atoms with Crippen LogP contribution in [0.25, 0.3) is 0 Å². The summed E-state index contributed by atoms with van der Waals surface area (Å²) < 4.78 is 0. The van der Waals surface area contributed by atoms with Gasteiger partial charge in [-0.15, -0.1) is 0 Å². The Labute approximate surface area is 120 Å². The van der Waals surface area contributed by atoms with E-state index in [2.05, 4.69) is 12.2 Å². The first-order valence-electron chi connectivity index (χ1n) is 7.44. The molecule has 1 unspecified atom stereocenters. The number of aromatic hydroxyl groups is 1. The van der Waals surface area contributed by atoms with Gasteiger partial charge in [0.05, 0.1) is 5.56 Å². The van der Waals surface area contributed by atoms with Crippen LogP contribution in [0.2, 0.25) is 0 Å². The highest BCUT2D eigenvalue weighted by Crippen LogP contribution is 2.22. The fourth-order valence-electron chi connectivity index (χ4n) is 2.67. The first-order valence-corrected chi connectivity index (χ1v) is 7.44. The number of phenolic OH excluding ortho intramolecular Hbond substituents is 1. The Balaban J connectivity index is 2.06. The van der Waals surface area contributed by atoms with Crippen LogP contribution in [0.15, 0.2) is 18.2 Å². The highest BCUT2D eigenvalue weighted by molar-refractivity contribution is 5.97. The van der Waals surface area contributed by atoms with E-state index in [4.69, 9.17) is 0 Å². The Kier molecular flexibility index (Phi) is 5.01. The van der Waals surface area contributed by atoms with E-state index < -0.39 is 0 Å². The number of carbonyl (C=O) groups excluding carboxylic acids is 1. The highest BCUT2D eigenvalue weighted by Gasteiger charge is 2.25. The standard InChI is InChI=1S/C16H24N2O2/c1-3-8-17-13-5-4-9-18(11-13)16(20)14-10-12(2)6-7-15(14)19/h6-7,10,13,17,19H,3-5,8-9,11H2,1-2H3. The Morgan fingerprint density at radius 1 is 1.50 bits per heavy atom. The van der Waals surface area contributed by atoms with Crippen LogP contribution in [0.4, 0.5) is 0 Å². The summed E-state index contributed by atoms with van der Waals surface area (Å²) in [4.78, 5) is 14.4. The molecule has 110 valence electrons. The molecule has 2 N–H and O–H groups in total. The molecule has 1 amide bonds. The van der Waals surface area contributed by atoms with Gasteiger partial charge in [0.15, 0.2) is 0 Å². The number of hydrogen-bond acceptors (Lipinski definition) is 3. The van der Waals surface area contributed by atoms with E-state index in [1.54, 1.807) is 12.1 Å². The van der Waals surface area contributed by atoms with Crippen LogP contribution in [-0.2, 0) is 0 Å². The van der Waals surface area contributed by atoms with E-state index in [0.717, 1.165) is 44.5 Å². The molecule has 4 heteroatoms. The Bertz CT molecular complexity index is 474. The lowest BCUT2D eigenvalue weighted by Crippen LogP contribution is -2.48. The zero-order chi connectivity index (χ0) is 14.5. The van der Waals surface area contributed by atoms with E-state index in [9.17, 15) is 9.90 Å². The predicted molar refractivity (Wildman–Crippen MR) is 80.1 cm³/mol. The second-order valence-electron chi connectivity index (χ2n) is 5.57. The molecule has 1 aromatic rings. The number of piperidine rings is 1. The molecular formula is C16H24N2O2. The van der Waals surface area contributed by atoms with Gasteiger partial charge in [-0.2, -0.15) is 0 Å². The van der Waals surface area contributed by atoms with Gasteiger partial charge >= 0.3 is 0 Å². The van der Waals surface area contributed by atoms with Gasteiger partial charge in [0.2, 0.25) is 0 Å². The monoisotopic (exact) mass is 276 g/mol. The number of phenols is 1. The lowest BCUT2D eigenvalue weighted by atomic mass is 10.0. The third kappa shape index (κ3) is 3.51. The molecule has 1 fully saturated rings. The number of hydrogen-bond donors (Lipinski definition) is 2. The summed E-state index contributed by atoms with van der Waals surface area (Å²) in [6, 6.07) is 5.55. The van der Waals surface area contributed by atoms with Crippen molar-refractivity contribution < 1.29 is 9.90 Å². The smallest absolute Gasteiger partial charge is 0.257 e. The first-order chi connectivity index (χ1) is 9.61. The second-order valence-corrected chi connectivity index (χ2v) is 5.57. The van der Waals surface area contributed by atoms with Crippen molar-refractivity contribution in [2.75, 3.05) is 19.6 Å². The minimum Gasteiger partial charge on any atom is -0.507 e. The zero-order valence-electron chi connectivity index (χ0n) is 12.4. The van der Waals surface area contributed by atoms with E-state index in [1.165, 1.54) is 0 Å². The van der Waals surface area contributed by atoms with Gasteiger partial charge in [0.1, 0.15) is 5.75 Å². The number of amides is 1. The molecule has 0 bridgehead atoms. The van der Waals surface area contributed by atoms with Crippen LogP contribution in [0.3, 0.4) is 0 Å².